The molecule has 6 heteroatoms. The fourth-order valence-electron chi connectivity index (χ4n) is 3.91. The van der Waals surface area contributed by atoms with Crippen molar-refractivity contribution < 1.29 is 9.72 Å². The lowest BCUT2D eigenvalue weighted by Gasteiger charge is -2.14. The van der Waals surface area contributed by atoms with Gasteiger partial charge in [-0.2, -0.15) is 0 Å². The number of nitro groups is 1. The molecule has 32 heavy (non-hydrogen) atoms. The second-order valence-corrected chi connectivity index (χ2v) is 7.32. The minimum absolute atomic E-state index is 0.131. The summed E-state index contributed by atoms with van der Waals surface area (Å²) in [5, 5.41) is 11.2. The van der Waals surface area contributed by atoms with Crippen molar-refractivity contribution in [3.05, 3.63) is 119 Å². The molecule has 6 nitrogen and oxygen atoms in total. The number of rotatable bonds is 4. The molecule has 5 aromatic rings. The molecule has 0 fully saturated rings. The van der Waals surface area contributed by atoms with Crippen LogP contribution in [0.3, 0.4) is 0 Å². The predicted octanol–water partition coefficient (Wildman–Crippen LogP) is 5.97. The number of nitro benzene ring substituents is 1. The molecular weight excluding hydrogens is 402 g/mol. The van der Waals surface area contributed by atoms with E-state index in [9.17, 15) is 14.9 Å². The molecule has 0 atom stereocenters. The van der Waals surface area contributed by atoms with Gasteiger partial charge in [0.15, 0.2) is 0 Å². The van der Waals surface area contributed by atoms with Gasteiger partial charge in [0.2, 0.25) is 0 Å². The summed E-state index contributed by atoms with van der Waals surface area (Å²) in [6.07, 6.45) is 1.48. The van der Waals surface area contributed by atoms with E-state index in [1.165, 1.54) is 29.1 Å². The Hall–Kier alpha value is -4.58. The number of carbonyl (C=O) groups is 1. The zero-order chi connectivity index (χ0) is 22.1. The Kier molecular flexibility index (Phi) is 4.80. The molecule has 0 radical (unpaired) electrons. The van der Waals surface area contributed by atoms with Gasteiger partial charge in [0.1, 0.15) is 6.33 Å². The van der Waals surface area contributed by atoms with Crippen LogP contribution < -0.4 is 0 Å². The Morgan fingerprint density at radius 2 is 1.50 bits per heavy atom. The van der Waals surface area contributed by atoms with E-state index in [1.54, 1.807) is 6.07 Å². The first kappa shape index (κ1) is 19.4. The van der Waals surface area contributed by atoms with Gasteiger partial charge in [0.25, 0.3) is 11.6 Å². The van der Waals surface area contributed by atoms with Crippen LogP contribution in [0.4, 0.5) is 5.69 Å². The molecule has 0 spiro atoms. The highest BCUT2D eigenvalue weighted by molar-refractivity contribution is 6.08. The van der Waals surface area contributed by atoms with Crippen LogP contribution >= 0.6 is 0 Å². The zero-order valence-electron chi connectivity index (χ0n) is 16.9. The van der Waals surface area contributed by atoms with Crippen molar-refractivity contribution in [2.45, 2.75) is 0 Å². The van der Waals surface area contributed by atoms with Gasteiger partial charge in [-0.05, 0) is 28.8 Å². The monoisotopic (exact) mass is 419 g/mol. The second kappa shape index (κ2) is 7.92. The number of hydrogen-bond donors (Lipinski definition) is 0. The number of hydrogen-bond acceptors (Lipinski definition) is 4. The Bertz CT molecular complexity index is 1460. The minimum atomic E-state index is -0.508. The molecule has 154 valence electrons. The molecule has 0 N–H and O–H groups in total. The van der Waals surface area contributed by atoms with Crippen LogP contribution in [0.15, 0.2) is 103 Å². The van der Waals surface area contributed by atoms with Crippen LogP contribution in [0.5, 0.6) is 0 Å². The van der Waals surface area contributed by atoms with Crippen molar-refractivity contribution in [3.63, 3.8) is 0 Å². The Morgan fingerprint density at radius 3 is 2.19 bits per heavy atom. The third-order valence-corrected chi connectivity index (χ3v) is 5.38. The number of nitrogens with zero attached hydrogens (tertiary/aromatic N) is 3. The third kappa shape index (κ3) is 3.33. The molecule has 5 rings (SSSR count). The van der Waals surface area contributed by atoms with E-state index in [1.807, 2.05) is 72.8 Å². The fraction of sp³-hybridized carbons (Fsp3) is 0. The standard InChI is InChI=1S/C26H17N3O3/c30-26(20-12-7-13-21(16-20)29(31)32)28-17-27-23-15-14-22(18-8-3-1-4-9-18)24(25(23)28)19-10-5-2-6-11-19/h1-17H. The number of carbonyl (C=O) groups excluding carboxylic acids is 1. The van der Waals surface area contributed by atoms with Gasteiger partial charge < -0.3 is 0 Å². The minimum Gasteiger partial charge on any atom is -0.268 e. The average Bonchev–Trinajstić information content (AvgIpc) is 3.28. The maximum atomic E-state index is 13.4. The quantitative estimate of drug-likeness (QED) is 0.266. The van der Waals surface area contributed by atoms with Gasteiger partial charge in [-0.25, -0.2) is 4.98 Å². The summed E-state index contributed by atoms with van der Waals surface area (Å²) in [5.41, 5.74) is 5.24. The summed E-state index contributed by atoms with van der Waals surface area (Å²) in [5.74, 6) is -0.376. The zero-order valence-corrected chi connectivity index (χ0v) is 16.9. The lowest BCUT2D eigenvalue weighted by Crippen LogP contribution is -2.11. The van der Waals surface area contributed by atoms with Crippen molar-refractivity contribution >= 4 is 22.6 Å². The Balaban J connectivity index is 1.78. The maximum Gasteiger partial charge on any atom is 0.270 e. The van der Waals surface area contributed by atoms with Gasteiger partial charge in [-0.1, -0.05) is 72.8 Å². The number of imidazole rings is 1. The summed E-state index contributed by atoms with van der Waals surface area (Å²) >= 11 is 0. The maximum absolute atomic E-state index is 13.4. The van der Waals surface area contributed by atoms with Crippen LogP contribution in [-0.2, 0) is 0 Å². The van der Waals surface area contributed by atoms with Crippen molar-refractivity contribution in [2.24, 2.45) is 0 Å². The van der Waals surface area contributed by atoms with Gasteiger partial charge in [0.05, 0.1) is 16.0 Å². The first-order valence-corrected chi connectivity index (χ1v) is 10.0. The highest BCUT2D eigenvalue weighted by Crippen LogP contribution is 2.38. The normalized spacial score (nSPS) is 10.9. The Labute approximate surface area is 183 Å². The number of benzene rings is 4. The van der Waals surface area contributed by atoms with Crippen molar-refractivity contribution in [3.8, 4) is 22.3 Å². The molecule has 0 unspecified atom stereocenters. The largest absolute Gasteiger partial charge is 0.270 e. The number of non-ortho nitro benzene ring substituents is 1. The summed E-state index contributed by atoms with van der Waals surface area (Å²) in [4.78, 5) is 28.6. The number of aromatic nitrogens is 2. The van der Waals surface area contributed by atoms with Crippen LogP contribution in [0.1, 0.15) is 10.4 Å². The molecule has 1 aromatic heterocycles. The molecule has 1 heterocycles. The van der Waals surface area contributed by atoms with Crippen molar-refractivity contribution in [2.75, 3.05) is 0 Å². The first-order chi connectivity index (χ1) is 15.6. The van der Waals surface area contributed by atoms with E-state index in [2.05, 4.69) is 4.98 Å². The highest BCUT2D eigenvalue weighted by atomic mass is 16.6. The second-order valence-electron chi connectivity index (χ2n) is 7.32. The molecule has 0 aliphatic heterocycles. The summed E-state index contributed by atoms with van der Waals surface area (Å²) in [7, 11) is 0. The summed E-state index contributed by atoms with van der Waals surface area (Å²) in [6, 6.07) is 29.4. The summed E-state index contributed by atoms with van der Waals surface area (Å²) in [6.45, 7) is 0. The van der Waals surface area contributed by atoms with E-state index < -0.39 is 4.92 Å². The molecular formula is C26H17N3O3. The van der Waals surface area contributed by atoms with Crippen LogP contribution in [0.25, 0.3) is 33.3 Å². The van der Waals surface area contributed by atoms with Crippen molar-refractivity contribution in [1.29, 1.82) is 0 Å². The SMILES string of the molecule is O=C(c1cccc([N+](=O)[O-])c1)n1cnc2ccc(-c3ccccc3)c(-c3ccccc3)c21. The molecule has 0 aliphatic rings. The molecule has 0 saturated heterocycles. The molecule has 0 amide bonds. The molecule has 0 aliphatic carbocycles. The lowest BCUT2D eigenvalue weighted by molar-refractivity contribution is -0.384. The smallest absolute Gasteiger partial charge is 0.268 e. The van der Waals surface area contributed by atoms with Crippen molar-refractivity contribution in [1.82, 2.24) is 9.55 Å². The highest BCUT2D eigenvalue weighted by Gasteiger charge is 2.21. The molecule has 0 bridgehead atoms. The molecule has 0 saturated carbocycles. The number of fused-ring (bicyclic) bond motifs is 1. The van der Waals surface area contributed by atoms with Gasteiger partial charge in [-0.15, -0.1) is 0 Å². The molecule has 4 aromatic carbocycles. The van der Waals surface area contributed by atoms with Crippen LogP contribution in [0, 0.1) is 10.1 Å². The topological polar surface area (TPSA) is 78.0 Å². The van der Waals surface area contributed by atoms with Gasteiger partial charge >= 0.3 is 0 Å². The van der Waals surface area contributed by atoms with Gasteiger partial charge in [-0.3, -0.25) is 19.5 Å². The van der Waals surface area contributed by atoms with E-state index in [-0.39, 0.29) is 17.2 Å². The lowest BCUT2D eigenvalue weighted by atomic mass is 9.93. The van der Waals surface area contributed by atoms with Crippen LogP contribution in [-0.4, -0.2) is 20.4 Å². The van der Waals surface area contributed by atoms with Gasteiger partial charge in [0, 0.05) is 23.3 Å². The van der Waals surface area contributed by atoms with E-state index >= 15 is 0 Å². The average molecular weight is 419 g/mol. The van der Waals surface area contributed by atoms with E-state index in [0.29, 0.717) is 11.0 Å². The fourth-order valence-corrected chi connectivity index (χ4v) is 3.91. The predicted molar refractivity (Wildman–Crippen MR) is 123 cm³/mol. The van der Waals surface area contributed by atoms with Crippen LogP contribution in [0.2, 0.25) is 0 Å². The first-order valence-electron chi connectivity index (χ1n) is 10.0. The third-order valence-electron chi connectivity index (χ3n) is 5.38. The Morgan fingerprint density at radius 1 is 0.812 bits per heavy atom. The van der Waals surface area contributed by atoms with E-state index in [0.717, 1.165) is 22.3 Å². The summed E-state index contributed by atoms with van der Waals surface area (Å²) < 4.78 is 1.48. The van der Waals surface area contributed by atoms with E-state index in [4.69, 9.17) is 0 Å².